The van der Waals surface area contributed by atoms with Gasteiger partial charge in [0.1, 0.15) is 5.56 Å². The standard InChI is InChI=1S/C23H23NO4/c1-13(2)20-9-16-7-15(6-5-14-3-4-14)17(12-25)8-18(16)21-10-22(26)19(23(27)28)11-24(20)21/h7-8,10-11,13-14,20,25H,3-4,9,12H2,1-2H3,(H,27,28)/t20-/m0/s1. The van der Waals surface area contributed by atoms with Gasteiger partial charge in [-0.3, -0.25) is 4.79 Å². The van der Waals surface area contributed by atoms with Gasteiger partial charge in [0.15, 0.2) is 5.43 Å². The fourth-order valence-corrected chi connectivity index (χ4v) is 3.83. The third-order valence-corrected chi connectivity index (χ3v) is 5.63. The highest BCUT2D eigenvalue weighted by Crippen LogP contribution is 2.38. The molecule has 0 bridgehead atoms. The second-order valence-electron chi connectivity index (χ2n) is 8.03. The third kappa shape index (κ3) is 3.25. The van der Waals surface area contributed by atoms with Gasteiger partial charge in [0.2, 0.25) is 0 Å². The topological polar surface area (TPSA) is 79.5 Å². The van der Waals surface area contributed by atoms with Crippen LogP contribution in [0.2, 0.25) is 0 Å². The zero-order valence-electron chi connectivity index (χ0n) is 16.0. The van der Waals surface area contributed by atoms with Crippen LogP contribution in [0.25, 0.3) is 11.3 Å². The lowest BCUT2D eigenvalue weighted by atomic mass is 9.85. The molecule has 1 aromatic heterocycles. The Hall–Kier alpha value is -2.84. The molecular weight excluding hydrogens is 354 g/mol. The summed E-state index contributed by atoms with van der Waals surface area (Å²) in [5, 5.41) is 19.2. The normalized spacial score (nSPS) is 17.5. The first-order chi connectivity index (χ1) is 13.4. The molecule has 1 atom stereocenters. The van der Waals surface area contributed by atoms with Crippen LogP contribution in [0.5, 0.6) is 0 Å². The molecule has 5 heteroatoms. The average molecular weight is 377 g/mol. The van der Waals surface area contributed by atoms with Gasteiger partial charge in [0, 0.05) is 35.3 Å². The molecule has 144 valence electrons. The van der Waals surface area contributed by atoms with Gasteiger partial charge in [-0.25, -0.2) is 4.79 Å². The molecule has 2 heterocycles. The Bertz CT molecular complexity index is 1080. The lowest BCUT2D eigenvalue weighted by molar-refractivity contribution is 0.0694. The molecule has 0 radical (unpaired) electrons. The third-order valence-electron chi connectivity index (χ3n) is 5.63. The van der Waals surface area contributed by atoms with E-state index in [-0.39, 0.29) is 24.1 Å². The monoisotopic (exact) mass is 377 g/mol. The van der Waals surface area contributed by atoms with Crippen molar-refractivity contribution >= 4 is 5.97 Å². The maximum atomic E-state index is 12.4. The fourth-order valence-electron chi connectivity index (χ4n) is 3.83. The zero-order valence-corrected chi connectivity index (χ0v) is 16.0. The van der Waals surface area contributed by atoms with Gasteiger partial charge in [0.05, 0.1) is 12.3 Å². The van der Waals surface area contributed by atoms with Gasteiger partial charge in [-0.1, -0.05) is 25.7 Å². The second-order valence-corrected chi connectivity index (χ2v) is 8.03. The predicted molar refractivity (Wildman–Crippen MR) is 106 cm³/mol. The van der Waals surface area contributed by atoms with Crippen LogP contribution in [0.15, 0.2) is 29.2 Å². The number of carbonyl (C=O) groups is 1. The van der Waals surface area contributed by atoms with Gasteiger partial charge in [0.25, 0.3) is 0 Å². The number of aliphatic hydroxyl groups excluding tert-OH is 1. The van der Waals surface area contributed by atoms with E-state index in [9.17, 15) is 19.8 Å². The summed E-state index contributed by atoms with van der Waals surface area (Å²) in [7, 11) is 0. The molecule has 1 fully saturated rings. The maximum absolute atomic E-state index is 12.4. The Morgan fingerprint density at radius 3 is 2.64 bits per heavy atom. The van der Waals surface area contributed by atoms with Crippen LogP contribution in [0.3, 0.4) is 0 Å². The Kier molecular flexibility index (Phi) is 4.60. The summed E-state index contributed by atoms with van der Waals surface area (Å²) < 4.78 is 1.91. The van der Waals surface area contributed by atoms with E-state index in [1.165, 1.54) is 12.3 Å². The molecule has 0 spiro atoms. The van der Waals surface area contributed by atoms with E-state index in [4.69, 9.17) is 0 Å². The van der Waals surface area contributed by atoms with Gasteiger partial charge in [-0.2, -0.15) is 0 Å². The number of hydrogen-bond donors (Lipinski definition) is 2. The van der Waals surface area contributed by atoms with Crippen LogP contribution in [0.1, 0.15) is 59.8 Å². The number of rotatable bonds is 3. The minimum atomic E-state index is -1.21. The number of carboxylic acids is 1. The van der Waals surface area contributed by atoms with E-state index in [2.05, 4.69) is 25.7 Å². The van der Waals surface area contributed by atoms with Gasteiger partial charge >= 0.3 is 5.97 Å². The van der Waals surface area contributed by atoms with Crippen LogP contribution < -0.4 is 5.43 Å². The minimum absolute atomic E-state index is 0.0467. The SMILES string of the molecule is CC(C)[C@@H]1Cc2cc(C#CC3CC3)c(CO)cc2-c2cc(=O)c(C(=O)O)cn21. The van der Waals surface area contributed by atoms with Gasteiger partial charge < -0.3 is 14.8 Å². The summed E-state index contributed by atoms with van der Waals surface area (Å²) in [6, 6.07) is 5.39. The molecule has 2 N–H and O–H groups in total. The summed E-state index contributed by atoms with van der Waals surface area (Å²) in [6.45, 7) is 4.05. The van der Waals surface area contributed by atoms with Crippen molar-refractivity contribution in [1.29, 1.82) is 0 Å². The van der Waals surface area contributed by atoms with Crippen molar-refractivity contribution in [3.63, 3.8) is 0 Å². The average Bonchev–Trinajstić information content (AvgIpc) is 3.48. The summed E-state index contributed by atoms with van der Waals surface area (Å²) in [5.41, 5.74) is 3.51. The first kappa shape index (κ1) is 18.5. The van der Waals surface area contributed by atoms with Crippen LogP contribution in [-0.4, -0.2) is 20.7 Å². The van der Waals surface area contributed by atoms with Crippen LogP contribution in [0, 0.1) is 23.7 Å². The highest BCUT2D eigenvalue weighted by molar-refractivity contribution is 5.87. The molecule has 2 aliphatic rings. The van der Waals surface area contributed by atoms with E-state index in [1.807, 2.05) is 16.7 Å². The Morgan fingerprint density at radius 1 is 1.29 bits per heavy atom. The van der Waals surface area contributed by atoms with Gasteiger partial charge in [-0.15, -0.1) is 0 Å². The molecule has 0 amide bonds. The minimum Gasteiger partial charge on any atom is -0.477 e. The van der Waals surface area contributed by atoms with Crippen molar-refractivity contribution in [1.82, 2.24) is 4.57 Å². The number of hydrogen-bond acceptors (Lipinski definition) is 3. The molecule has 4 rings (SSSR count). The highest BCUT2D eigenvalue weighted by Gasteiger charge is 2.28. The summed E-state index contributed by atoms with van der Waals surface area (Å²) in [4.78, 5) is 23.8. The van der Waals surface area contributed by atoms with Crippen molar-refractivity contribution < 1.29 is 15.0 Å². The first-order valence-corrected chi connectivity index (χ1v) is 9.67. The number of aromatic carboxylic acids is 1. The van der Waals surface area contributed by atoms with Crippen molar-refractivity contribution in [3.05, 3.63) is 56.9 Å². The van der Waals surface area contributed by atoms with Crippen molar-refractivity contribution in [2.75, 3.05) is 0 Å². The van der Waals surface area contributed by atoms with Crippen LogP contribution in [-0.2, 0) is 13.0 Å². The fraction of sp³-hybridized carbons (Fsp3) is 0.391. The van der Waals surface area contributed by atoms with E-state index < -0.39 is 11.4 Å². The molecule has 1 aromatic carbocycles. The molecule has 0 saturated heterocycles. The number of aromatic nitrogens is 1. The largest absolute Gasteiger partial charge is 0.477 e. The van der Waals surface area contributed by atoms with E-state index in [0.29, 0.717) is 11.6 Å². The molecule has 28 heavy (non-hydrogen) atoms. The lowest BCUT2D eigenvalue weighted by Gasteiger charge is -2.33. The summed E-state index contributed by atoms with van der Waals surface area (Å²) in [6.07, 6.45) is 4.48. The number of carboxylic acid groups (broad SMARTS) is 1. The number of benzene rings is 1. The van der Waals surface area contributed by atoms with Crippen molar-refractivity contribution in [2.45, 2.75) is 45.8 Å². The lowest BCUT2D eigenvalue weighted by Crippen LogP contribution is -2.28. The number of fused-ring (bicyclic) bond motifs is 3. The quantitative estimate of drug-likeness (QED) is 0.805. The maximum Gasteiger partial charge on any atom is 0.341 e. The van der Waals surface area contributed by atoms with E-state index in [0.717, 1.165) is 41.5 Å². The second kappa shape index (κ2) is 6.96. The summed E-state index contributed by atoms with van der Waals surface area (Å²) in [5.74, 6) is 6.00. The molecule has 1 saturated carbocycles. The molecule has 1 aliphatic carbocycles. The number of nitrogens with zero attached hydrogens (tertiary/aromatic N) is 1. The molecule has 2 aromatic rings. The highest BCUT2D eigenvalue weighted by atomic mass is 16.4. The number of aliphatic hydroxyl groups is 1. The summed E-state index contributed by atoms with van der Waals surface area (Å²) >= 11 is 0. The van der Waals surface area contributed by atoms with Crippen LogP contribution >= 0.6 is 0 Å². The number of pyridine rings is 1. The van der Waals surface area contributed by atoms with E-state index in [1.54, 1.807) is 0 Å². The van der Waals surface area contributed by atoms with Crippen molar-refractivity contribution in [2.24, 2.45) is 11.8 Å². The zero-order chi connectivity index (χ0) is 20.0. The predicted octanol–water partition coefficient (Wildman–Crippen LogP) is 3.22. The van der Waals surface area contributed by atoms with Crippen LogP contribution in [0.4, 0.5) is 0 Å². The Labute approximate surface area is 163 Å². The van der Waals surface area contributed by atoms with Crippen molar-refractivity contribution in [3.8, 4) is 23.1 Å². The smallest absolute Gasteiger partial charge is 0.341 e. The van der Waals surface area contributed by atoms with Gasteiger partial charge in [-0.05, 0) is 48.4 Å². The molecular formula is C23H23NO4. The molecule has 5 nitrogen and oxygen atoms in total. The Morgan fingerprint density at radius 2 is 2.04 bits per heavy atom. The first-order valence-electron chi connectivity index (χ1n) is 9.67. The van der Waals surface area contributed by atoms with E-state index >= 15 is 0 Å². The Balaban J connectivity index is 1.92. The molecule has 1 aliphatic heterocycles. The molecule has 0 unspecified atom stereocenters.